The van der Waals surface area contributed by atoms with Gasteiger partial charge in [0, 0.05) is 36.5 Å². The highest BCUT2D eigenvalue weighted by atomic mass is 16.2. The molecule has 0 bridgehead atoms. The third-order valence-corrected chi connectivity index (χ3v) is 4.56. The summed E-state index contributed by atoms with van der Waals surface area (Å²) in [4.78, 5) is 14.6. The maximum Gasteiger partial charge on any atom is 0.249 e. The van der Waals surface area contributed by atoms with Crippen molar-refractivity contribution in [3.63, 3.8) is 0 Å². The monoisotopic (exact) mass is 273 g/mol. The first-order valence-electron chi connectivity index (χ1n) is 7.82. The average molecular weight is 273 g/mol. The summed E-state index contributed by atoms with van der Waals surface area (Å²) in [6.07, 6.45) is 11.8. The molecule has 1 aliphatic carbocycles. The lowest BCUT2D eigenvalue weighted by Gasteiger charge is -2.32. The Balaban J connectivity index is 1.57. The maximum atomic E-state index is 12.5. The van der Waals surface area contributed by atoms with Crippen molar-refractivity contribution in [3.8, 4) is 0 Å². The van der Waals surface area contributed by atoms with Gasteiger partial charge in [-0.3, -0.25) is 9.89 Å². The van der Waals surface area contributed by atoms with E-state index in [4.69, 9.17) is 0 Å². The minimum atomic E-state index is 0.287. The van der Waals surface area contributed by atoms with Crippen LogP contribution in [0, 0.1) is 0 Å². The van der Waals surface area contributed by atoms with Crippen LogP contribution in [-0.2, 0) is 4.79 Å². The van der Waals surface area contributed by atoms with Gasteiger partial charge in [-0.25, -0.2) is 0 Å². The standard InChI is InChI=1S/C16H23N3O/c20-16(14-5-3-1-2-4-6-14)19-11-8-13(9-12-19)15-7-10-17-18-15/h5,7,10,13H,1-4,6,8-9,11-12H2,(H,17,18). The summed E-state index contributed by atoms with van der Waals surface area (Å²) in [6.45, 7) is 1.75. The molecule has 0 unspecified atom stereocenters. The van der Waals surface area contributed by atoms with Gasteiger partial charge in [-0.05, 0) is 44.6 Å². The highest BCUT2D eigenvalue weighted by Crippen LogP contribution is 2.28. The molecule has 1 N–H and O–H groups in total. The van der Waals surface area contributed by atoms with Gasteiger partial charge in [-0.15, -0.1) is 0 Å². The second-order valence-corrected chi connectivity index (χ2v) is 5.91. The summed E-state index contributed by atoms with van der Waals surface area (Å²) in [6, 6.07) is 2.05. The Morgan fingerprint density at radius 2 is 2.10 bits per heavy atom. The van der Waals surface area contributed by atoms with Gasteiger partial charge >= 0.3 is 0 Å². The third kappa shape index (κ3) is 2.94. The average Bonchev–Trinajstić information content (AvgIpc) is 2.89. The van der Waals surface area contributed by atoms with E-state index in [1.54, 1.807) is 0 Å². The maximum absolute atomic E-state index is 12.5. The van der Waals surface area contributed by atoms with Gasteiger partial charge in [0.25, 0.3) is 0 Å². The molecule has 4 nitrogen and oxygen atoms in total. The summed E-state index contributed by atoms with van der Waals surface area (Å²) in [5.41, 5.74) is 2.27. The number of H-pyrrole nitrogens is 1. The van der Waals surface area contributed by atoms with Crippen LogP contribution in [0.1, 0.15) is 56.6 Å². The number of carbonyl (C=O) groups is 1. The summed E-state index contributed by atoms with van der Waals surface area (Å²) in [5.74, 6) is 0.819. The molecule has 0 saturated carbocycles. The van der Waals surface area contributed by atoms with Crippen LogP contribution in [0.5, 0.6) is 0 Å². The van der Waals surface area contributed by atoms with E-state index in [-0.39, 0.29) is 5.91 Å². The minimum Gasteiger partial charge on any atom is -0.339 e. The zero-order valence-electron chi connectivity index (χ0n) is 12.0. The highest BCUT2D eigenvalue weighted by molar-refractivity contribution is 5.93. The fraction of sp³-hybridized carbons (Fsp3) is 0.625. The molecule has 108 valence electrons. The number of aromatic amines is 1. The van der Waals surface area contributed by atoms with E-state index < -0.39 is 0 Å². The fourth-order valence-corrected chi connectivity index (χ4v) is 3.30. The second kappa shape index (κ2) is 6.25. The van der Waals surface area contributed by atoms with Gasteiger partial charge in [0.2, 0.25) is 5.91 Å². The summed E-state index contributed by atoms with van der Waals surface area (Å²) in [5, 5.41) is 7.08. The molecule has 1 saturated heterocycles. The van der Waals surface area contributed by atoms with Gasteiger partial charge in [0.05, 0.1) is 0 Å². The van der Waals surface area contributed by atoms with Crippen molar-refractivity contribution >= 4 is 5.91 Å². The number of hydrogen-bond acceptors (Lipinski definition) is 2. The van der Waals surface area contributed by atoms with Crippen molar-refractivity contribution in [2.45, 2.75) is 50.9 Å². The van der Waals surface area contributed by atoms with E-state index in [0.717, 1.165) is 44.3 Å². The molecule has 0 aromatic carbocycles. The van der Waals surface area contributed by atoms with Crippen molar-refractivity contribution in [3.05, 3.63) is 29.6 Å². The number of amides is 1. The zero-order valence-corrected chi connectivity index (χ0v) is 12.0. The Morgan fingerprint density at radius 1 is 1.25 bits per heavy atom. The van der Waals surface area contributed by atoms with E-state index in [9.17, 15) is 4.79 Å². The van der Waals surface area contributed by atoms with Crippen LogP contribution in [0.4, 0.5) is 0 Å². The SMILES string of the molecule is O=C(C1=CCCCCC1)N1CCC(c2ccn[nH]2)CC1. The Kier molecular flexibility index (Phi) is 4.19. The number of rotatable bonds is 2. The number of hydrogen-bond donors (Lipinski definition) is 1. The fourth-order valence-electron chi connectivity index (χ4n) is 3.30. The smallest absolute Gasteiger partial charge is 0.249 e. The summed E-state index contributed by atoms with van der Waals surface area (Å²) >= 11 is 0. The second-order valence-electron chi connectivity index (χ2n) is 5.91. The number of nitrogens with one attached hydrogen (secondary N) is 1. The number of piperidine rings is 1. The molecular weight excluding hydrogens is 250 g/mol. The molecular formula is C16H23N3O. The van der Waals surface area contributed by atoms with Crippen LogP contribution < -0.4 is 0 Å². The van der Waals surface area contributed by atoms with Crippen molar-refractivity contribution in [2.24, 2.45) is 0 Å². The van der Waals surface area contributed by atoms with Crippen LogP contribution in [-0.4, -0.2) is 34.1 Å². The molecule has 3 rings (SSSR count). The van der Waals surface area contributed by atoms with Gasteiger partial charge in [-0.1, -0.05) is 12.5 Å². The molecule has 2 aliphatic rings. The minimum absolute atomic E-state index is 0.287. The Labute approximate surface area is 120 Å². The van der Waals surface area contributed by atoms with Crippen LogP contribution >= 0.6 is 0 Å². The summed E-state index contributed by atoms with van der Waals surface area (Å²) in [7, 11) is 0. The molecule has 1 fully saturated rings. The summed E-state index contributed by atoms with van der Waals surface area (Å²) < 4.78 is 0. The molecule has 1 aliphatic heterocycles. The molecule has 0 radical (unpaired) electrons. The molecule has 1 amide bonds. The number of aromatic nitrogens is 2. The zero-order chi connectivity index (χ0) is 13.8. The van der Waals surface area contributed by atoms with E-state index in [0.29, 0.717) is 5.92 Å². The number of carbonyl (C=O) groups excluding carboxylic acids is 1. The predicted molar refractivity (Wildman–Crippen MR) is 78.3 cm³/mol. The molecule has 1 aromatic heterocycles. The topological polar surface area (TPSA) is 49.0 Å². The van der Waals surface area contributed by atoms with Crippen LogP contribution in [0.3, 0.4) is 0 Å². The highest BCUT2D eigenvalue weighted by Gasteiger charge is 2.26. The quantitative estimate of drug-likeness (QED) is 0.900. The van der Waals surface area contributed by atoms with E-state index in [1.165, 1.54) is 25.0 Å². The van der Waals surface area contributed by atoms with Crippen molar-refractivity contribution < 1.29 is 4.79 Å². The molecule has 0 spiro atoms. The van der Waals surface area contributed by atoms with E-state index >= 15 is 0 Å². The van der Waals surface area contributed by atoms with Crippen molar-refractivity contribution in [1.82, 2.24) is 15.1 Å². The first kappa shape index (κ1) is 13.4. The third-order valence-electron chi connectivity index (χ3n) is 4.56. The molecule has 20 heavy (non-hydrogen) atoms. The number of allylic oxidation sites excluding steroid dienone is 1. The molecule has 2 heterocycles. The van der Waals surface area contributed by atoms with E-state index in [1.807, 2.05) is 11.1 Å². The van der Waals surface area contributed by atoms with Crippen LogP contribution in [0.25, 0.3) is 0 Å². The van der Waals surface area contributed by atoms with Gasteiger partial charge < -0.3 is 4.90 Å². The molecule has 4 heteroatoms. The van der Waals surface area contributed by atoms with E-state index in [2.05, 4.69) is 22.3 Å². The Bertz CT molecular complexity index is 470. The van der Waals surface area contributed by atoms with Crippen LogP contribution in [0.2, 0.25) is 0 Å². The predicted octanol–water partition coefficient (Wildman–Crippen LogP) is 3.01. The van der Waals surface area contributed by atoms with Gasteiger partial charge in [0.1, 0.15) is 0 Å². The van der Waals surface area contributed by atoms with Crippen molar-refractivity contribution in [2.75, 3.05) is 13.1 Å². The lowest BCUT2D eigenvalue weighted by atomic mass is 9.93. The van der Waals surface area contributed by atoms with Crippen molar-refractivity contribution in [1.29, 1.82) is 0 Å². The van der Waals surface area contributed by atoms with Gasteiger partial charge in [-0.2, -0.15) is 5.10 Å². The molecule has 0 atom stereocenters. The van der Waals surface area contributed by atoms with Crippen LogP contribution in [0.15, 0.2) is 23.9 Å². The Hall–Kier alpha value is -1.58. The number of likely N-dealkylation sites (tertiary alicyclic amines) is 1. The van der Waals surface area contributed by atoms with Gasteiger partial charge in [0.15, 0.2) is 0 Å². The first-order valence-corrected chi connectivity index (χ1v) is 7.82. The number of nitrogens with zero attached hydrogens (tertiary/aromatic N) is 2. The largest absolute Gasteiger partial charge is 0.339 e. The Morgan fingerprint density at radius 3 is 2.85 bits per heavy atom. The lowest BCUT2D eigenvalue weighted by molar-refractivity contribution is -0.128. The molecule has 1 aromatic rings. The lowest BCUT2D eigenvalue weighted by Crippen LogP contribution is -2.38. The normalized spacial score (nSPS) is 21.4. The first-order chi connectivity index (χ1) is 9.84.